The molecular formula is C36H50N7O2+. The van der Waals surface area contributed by atoms with Crippen molar-refractivity contribution in [3.8, 4) is 11.8 Å². The molecule has 9 heteroatoms. The van der Waals surface area contributed by atoms with Crippen LogP contribution in [0.25, 0.3) is 0 Å². The van der Waals surface area contributed by atoms with Gasteiger partial charge >= 0.3 is 5.84 Å². The zero-order valence-corrected chi connectivity index (χ0v) is 27.4. The Hall–Kier alpha value is -4.39. The van der Waals surface area contributed by atoms with Crippen LogP contribution < -0.4 is 17.2 Å². The molecular weight excluding hydrogens is 562 g/mol. The van der Waals surface area contributed by atoms with E-state index in [1.54, 1.807) is 30.8 Å². The Balaban J connectivity index is 2.39. The molecule has 2 aliphatic rings. The highest BCUT2D eigenvalue weighted by Crippen LogP contribution is 2.24. The summed E-state index contributed by atoms with van der Waals surface area (Å²) in [7, 11) is 1.66. The van der Waals surface area contributed by atoms with E-state index < -0.39 is 5.91 Å². The zero-order chi connectivity index (χ0) is 33.2. The Labute approximate surface area is 269 Å². The van der Waals surface area contributed by atoms with Gasteiger partial charge < -0.3 is 21.9 Å². The third kappa shape index (κ3) is 11.9. The van der Waals surface area contributed by atoms with Gasteiger partial charge in [0.15, 0.2) is 0 Å². The van der Waals surface area contributed by atoms with Gasteiger partial charge in [0.05, 0.1) is 29.3 Å². The smallest absolute Gasteiger partial charge is 0.326 e. The summed E-state index contributed by atoms with van der Waals surface area (Å²) in [4.78, 5) is 25.6. The molecule has 1 saturated heterocycles. The summed E-state index contributed by atoms with van der Waals surface area (Å²) in [6.07, 6.45) is 18.6. The lowest BCUT2D eigenvalue weighted by atomic mass is 9.91. The Bertz CT molecular complexity index is 1440. The fraction of sp³-hybridized carbons (Fsp3) is 0.417. The highest BCUT2D eigenvalue weighted by atomic mass is 16.5. The van der Waals surface area contributed by atoms with Crippen molar-refractivity contribution >= 4 is 30.5 Å². The van der Waals surface area contributed by atoms with Crippen molar-refractivity contribution in [2.24, 2.45) is 38.1 Å². The number of allylic oxidation sites excluding steroid dienone is 4. The molecule has 240 valence electrons. The number of nitrogens with two attached hydrogens (primary N) is 3. The molecule has 1 aliphatic heterocycles. The van der Waals surface area contributed by atoms with Crippen molar-refractivity contribution in [2.75, 3.05) is 33.4 Å². The average Bonchev–Trinajstić information content (AvgIpc) is 3.41. The van der Waals surface area contributed by atoms with E-state index in [2.05, 4.69) is 54.2 Å². The molecule has 0 radical (unpaired) electrons. The summed E-state index contributed by atoms with van der Waals surface area (Å²) < 4.78 is 7.37. The lowest BCUT2D eigenvalue weighted by Gasteiger charge is -2.16. The van der Waals surface area contributed by atoms with Crippen molar-refractivity contribution in [1.82, 2.24) is 0 Å². The number of hydrogen-bond donors (Lipinski definition) is 3. The molecule has 1 aliphatic carbocycles. The average molecular weight is 613 g/mol. The summed E-state index contributed by atoms with van der Waals surface area (Å²) in [5.41, 5.74) is 22.9. The summed E-state index contributed by atoms with van der Waals surface area (Å²) >= 11 is 0. The predicted octanol–water partition coefficient (Wildman–Crippen LogP) is 4.69. The van der Waals surface area contributed by atoms with Gasteiger partial charge in [-0.3, -0.25) is 9.79 Å². The Morgan fingerprint density at radius 1 is 1.24 bits per heavy atom. The second-order valence-corrected chi connectivity index (χ2v) is 10.8. The van der Waals surface area contributed by atoms with Crippen molar-refractivity contribution in [3.63, 3.8) is 0 Å². The first-order valence-electron chi connectivity index (χ1n) is 15.5. The van der Waals surface area contributed by atoms with Crippen LogP contribution in [0.15, 0.2) is 97.3 Å². The monoisotopic (exact) mass is 612 g/mol. The summed E-state index contributed by atoms with van der Waals surface area (Å²) in [5.74, 6) is 7.04. The standard InChI is InChI=1S/C36H49N7O2/c1-7-13-30(22-29(24-37)21-27-16-12-19-45-20-18-27)34(38)42-31-17-11-10-15-28(23-31)25-43(6)36(40-5)32(14-8-2)33(41-9-3)26(4)35(39)44/h8-9,13-14,17,22-23,27H,4,6-7,12,15-16,18-21,24-25,37H2,1-3,5H3,(H3-,38,39,42,44)/p+1. The van der Waals surface area contributed by atoms with Crippen LogP contribution in [0.1, 0.15) is 59.3 Å². The fourth-order valence-electron chi connectivity index (χ4n) is 5.12. The van der Waals surface area contributed by atoms with E-state index in [1.807, 2.05) is 25.2 Å². The first-order valence-corrected chi connectivity index (χ1v) is 15.5. The molecule has 9 nitrogen and oxygen atoms in total. The van der Waals surface area contributed by atoms with Crippen LogP contribution in [0.2, 0.25) is 0 Å². The number of nitrogens with zero attached hydrogens (tertiary/aromatic N) is 4. The normalized spacial score (nSPS) is 19.3. The van der Waals surface area contributed by atoms with Crippen molar-refractivity contribution in [1.29, 1.82) is 0 Å². The molecule has 1 heterocycles. The largest absolute Gasteiger partial charge is 0.383 e. The van der Waals surface area contributed by atoms with Crippen LogP contribution in [-0.2, 0) is 9.53 Å². The van der Waals surface area contributed by atoms with E-state index in [1.165, 1.54) is 0 Å². The fourth-order valence-corrected chi connectivity index (χ4v) is 5.12. The Morgan fingerprint density at radius 3 is 2.67 bits per heavy atom. The third-order valence-corrected chi connectivity index (χ3v) is 7.28. The van der Waals surface area contributed by atoms with Gasteiger partial charge in [-0.15, -0.1) is 0 Å². The zero-order valence-electron chi connectivity index (χ0n) is 27.4. The number of primary amides is 1. The number of aliphatic imine (C=N–C) groups is 3. The first-order chi connectivity index (χ1) is 21.7. The van der Waals surface area contributed by atoms with E-state index in [0.29, 0.717) is 54.1 Å². The minimum Gasteiger partial charge on any atom is -0.383 e. The van der Waals surface area contributed by atoms with Crippen LogP contribution >= 0.6 is 0 Å². The second kappa shape index (κ2) is 19.8. The van der Waals surface area contributed by atoms with Gasteiger partial charge in [0.2, 0.25) is 5.91 Å². The number of carbonyl (C=O) groups is 1. The summed E-state index contributed by atoms with van der Waals surface area (Å²) in [6, 6.07) is 0. The molecule has 0 bridgehead atoms. The van der Waals surface area contributed by atoms with Gasteiger partial charge in [-0.1, -0.05) is 54.1 Å². The topological polar surface area (TPSA) is 144 Å². The third-order valence-electron chi connectivity index (χ3n) is 7.28. The molecule has 1 unspecified atom stereocenters. The predicted molar refractivity (Wildman–Crippen MR) is 188 cm³/mol. The van der Waals surface area contributed by atoms with Crippen LogP contribution in [0.3, 0.4) is 0 Å². The van der Waals surface area contributed by atoms with Gasteiger partial charge in [-0.2, -0.15) is 0 Å². The minimum atomic E-state index is -0.667. The van der Waals surface area contributed by atoms with Gasteiger partial charge in [-0.25, -0.2) is 9.57 Å². The van der Waals surface area contributed by atoms with Gasteiger partial charge in [0, 0.05) is 44.0 Å². The lowest BCUT2D eigenvalue weighted by molar-refractivity contribution is -0.387. The molecule has 2 rings (SSSR count). The number of rotatable bonds is 14. The van der Waals surface area contributed by atoms with E-state index >= 15 is 0 Å². The molecule has 1 fully saturated rings. The number of amides is 1. The number of amidine groups is 2. The van der Waals surface area contributed by atoms with Crippen molar-refractivity contribution in [3.05, 3.63) is 82.3 Å². The van der Waals surface area contributed by atoms with E-state index in [9.17, 15) is 4.79 Å². The maximum atomic E-state index is 12.0. The maximum Gasteiger partial charge on any atom is 0.326 e. The van der Waals surface area contributed by atoms with Crippen LogP contribution in [-0.4, -0.2) is 68.4 Å². The Morgan fingerprint density at radius 2 is 2.02 bits per heavy atom. The number of hydrogen-bond acceptors (Lipinski definition) is 6. The molecule has 0 aromatic heterocycles. The molecule has 0 saturated carbocycles. The van der Waals surface area contributed by atoms with Crippen molar-refractivity contribution < 1.29 is 14.1 Å². The molecule has 45 heavy (non-hydrogen) atoms. The van der Waals surface area contributed by atoms with Crippen molar-refractivity contribution in [2.45, 2.75) is 59.3 Å². The summed E-state index contributed by atoms with van der Waals surface area (Å²) in [6.45, 7) is 16.3. The second-order valence-electron chi connectivity index (χ2n) is 10.8. The quantitative estimate of drug-likeness (QED) is 0.0653. The number of carbonyl (C=O) groups excluding carboxylic acids is 1. The molecule has 1 atom stereocenters. The molecule has 0 spiro atoms. The van der Waals surface area contributed by atoms with E-state index in [-0.39, 0.29) is 5.57 Å². The van der Waals surface area contributed by atoms with Crippen LogP contribution in [0.4, 0.5) is 0 Å². The minimum absolute atomic E-state index is 0.0800. The lowest BCUT2D eigenvalue weighted by Crippen LogP contribution is -2.25. The number of ether oxygens (including phenoxy) is 1. The molecule has 6 N–H and O–H groups in total. The van der Waals surface area contributed by atoms with Gasteiger partial charge in [0.25, 0.3) is 0 Å². The highest BCUT2D eigenvalue weighted by Gasteiger charge is 2.24. The molecule has 1 amide bonds. The SMILES string of the molecule is C=C(C(N)=O)C(N=CC)=C(C=CC)C(=NC)[N+](=C)CC1=CC(N=C(N)C(C=C(CN)CC2CCCOCC2)=CCC)=CC#CC1. The van der Waals surface area contributed by atoms with E-state index in [4.69, 9.17) is 26.9 Å². The first kappa shape index (κ1) is 36.8. The highest BCUT2D eigenvalue weighted by molar-refractivity contribution is 6.03. The maximum absolute atomic E-state index is 12.0. The molecule has 0 aromatic rings. The van der Waals surface area contributed by atoms with Crippen LogP contribution in [0, 0.1) is 17.8 Å². The summed E-state index contributed by atoms with van der Waals surface area (Å²) in [5, 5.41) is 0. The van der Waals surface area contributed by atoms with Crippen LogP contribution in [0.5, 0.6) is 0 Å². The van der Waals surface area contributed by atoms with Gasteiger partial charge in [0.1, 0.15) is 19.4 Å². The van der Waals surface area contributed by atoms with Gasteiger partial charge in [-0.05, 0) is 69.6 Å². The molecule has 0 aromatic carbocycles. The Kier molecular flexibility index (Phi) is 16.2. The van der Waals surface area contributed by atoms with E-state index in [0.717, 1.165) is 62.0 Å².